The van der Waals surface area contributed by atoms with Gasteiger partial charge in [0.1, 0.15) is 5.69 Å². The molecule has 1 aliphatic rings. The van der Waals surface area contributed by atoms with Gasteiger partial charge in [-0.1, -0.05) is 48.0 Å². The molecule has 0 saturated heterocycles. The van der Waals surface area contributed by atoms with Gasteiger partial charge in [-0.15, -0.1) is 0 Å². The molecule has 0 radical (unpaired) electrons. The highest BCUT2D eigenvalue weighted by atomic mass is 35.5. The Labute approximate surface area is 153 Å². The third-order valence-electron chi connectivity index (χ3n) is 4.66. The largest absolute Gasteiger partial charge is 0.289 e. The summed E-state index contributed by atoms with van der Waals surface area (Å²) in [7, 11) is 0. The molecule has 0 bridgehead atoms. The molecule has 1 aromatic heterocycles. The van der Waals surface area contributed by atoms with Crippen LogP contribution >= 0.6 is 11.6 Å². The van der Waals surface area contributed by atoms with Crippen LogP contribution in [0.3, 0.4) is 0 Å². The number of ketones is 1. The number of benzene rings is 3. The molecule has 0 N–H and O–H groups in total. The highest BCUT2D eigenvalue weighted by Crippen LogP contribution is 2.38. The van der Waals surface area contributed by atoms with Crippen molar-refractivity contribution in [2.24, 2.45) is 0 Å². The number of fused-ring (bicyclic) bond motifs is 2. The quantitative estimate of drug-likeness (QED) is 0.440. The SMILES string of the molecule is O=C1c2ccccc2-c2nn(C(=O)c3ccc(Cl)cc3)c3cccc1c23. The molecule has 0 spiro atoms. The molecule has 1 aliphatic carbocycles. The topological polar surface area (TPSA) is 52.0 Å². The molecular formula is C21H11ClN2O2. The number of hydrogen-bond donors (Lipinski definition) is 0. The molecule has 1 heterocycles. The standard InChI is InChI=1S/C21H11ClN2O2/c22-13-10-8-12(9-11-13)21(26)24-17-7-3-6-16-18(17)19(23-24)14-4-1-2-5-15(14)20(16)25/h1-11H. The van der Waals surface area contributed by atoms with Crippen LogP contribution in [-0.4, -0.2) is 21.5 Å². The molecule has 0 unspecified atom stereocenters. The molecule has 4 nitrogen and oxygen atoms in total. The van der Waals surface area contributed by atoms with Gasteiger partial charge in [0.15, 0.2) is 5.78 Å². The predicted octanol–water partition coefficient (Wildman–Crippen LogP) is 4.59. The fraction of sp³-hybridized carbons (Fsp3) is 0. The summed E-state index contributed by atoms with van der Waals surface area (Å²) >= 11 is 5.91. The first-order valence-electron chi connectivity index (χ1n) is 8.11. The van der Waals surface area contributed by atoms with Gasteiger partial charge in [-0.25, -0.2) is 0 Å². The Balaban J connectivity index is 1.80. The lowest BCUT2D eigenvalue weighted by atomic mass is 9.87. The molecule has 0 saturated carbocycles. The summed E-state index contributed by atoms with van der Waals surface area (Å²) in [6.07, 6.45) is 0. The lowest BCUT2D eigenvalue weighted by Gasteiger charge is -2.13. The van der Waals surface area contributed by atoms with Crippen LogP contribution in [0.15, 0.2) is 66.7 Å². The van der Waals surface area contributed by atoms with Gasteiger partial charge in [0.2, 0.25) is 0 Å². The van der Waals surface area contributed by atoms with Gasteiger partial charge in [-0.2, -0.15) is 9.78 Å². The van der Waals surface area contributed by atoms with Crippen LogP contribution in [0.2, 0.25) is 5.02 Å². The van der Waals surface area contributed by atoms with Gasteiger partial charge in [-0.05, 0) is 30.3 Å². The van der Waals surface area contributed by atoms with Crippen molar-refractivity contribution in [1.82, 2.24) is 9.78 Å². The van der Waals surface area contributed by atoms with Crippen molar-refractivity contribution in [3.05, 3.63) is 88.4 Å². The molecule has 0 amide bonds. The van der Waals surface area contributed by atoms with Crippen molar-refractivity contribution >= 4 is 34.2 Å². The number of rotatable bonds is 1. The summed E-state index contributed by atoms with van der Waals surface area (Å²) < 4.78 is 1.37. The highest BCUT2D eigenvalue weighted by molar-refractivity contribution is 6.30. The molecule has 3 aromatic carbocycles. The molecule has 0 atom stereocenters. The minimum absolute atomic E-state index is 0.0443. The third kappa shape index (κ3) is 1.99. The minimum atomic E-state index is -0.262. The van der Waals surface area contributed by atoms with E-state index in [0.29, 0.717) is 32.9 Å². The molecule has 124 valence electrons. The third-order valence-corrected chi connectivity index (χ3v) is 4.91. The van der Waals surface area contributed by atoms with E-state index in [0.717, 1.165) is 10.9 Å². The Kier molecular flexibility index (Phi) is 3.11. The number of halogens is 1. The van der Waals surface area contributed by atoms with E-state index in [1.54, 1.807) is 42.5 Å². The lowest BCUT2D eigenvalue weighted by Crippen LogP contribution is -2.13. The summed E-state index contributed by atoms with van der Waals surface area (Å²) in [6, 6.07) is 19.4. The minimum Gasteiger partial charge on any atom is -0.289 e. The zero-order valence-corrected chi connectivity index (χ0v) is 14.2. The summed E-state index contributed by atoms with van der Waals surface area (Å²) in [4.78, 5) is 25.8. The van der Waals surface area contributed by atoms with Gasteiger partial charge < -0.3 is 0 Å². The number of carbonyl (C=O) groups excluding carboxylic acids is 2. The van der Waals surface area contributed by atoms with Crippen LogP contribution in [0.5, 0.6) is 0 Å². The normalized spacial score (nSPS) is 12.3. The molecular weight excluding hydrogens is 348 g/mol. The molecule has 5 rings (SSSR count). The number of hydrogen-bond acceptors (Lipinski definition) is 3. The Hall–Kier alpha value is -3.24. The Bertz CT molecular complexity index is 1220. The van der Waals surface area contributed by atoms with E-state index in [1.165, 1.54) is 4.68 Å². The first kappa shape index (κ1) is 15.0. The van der Waals surface area contributed by atoms with Crippen LogP contribution in [0.1, 0.15) is 26.3 Å². The number of aromatic nitrogens is 2. The average Bonchev–Trinajstić information content (AvgIpc) is 3.07. The van der Waals surface area contributed by atoms with Gasteiger partial charge in [0, 0.05) is 32.7 Å². The second-order valence-electron chi connectivity index (χ2n) is 6.15. The summed E-state index contributed by atoms with van der Waals surface area (Å²) in [5.74, 6) is -0.306. The number of carbonyl (C=O) groups is 2. The maximum Gasteiger partial charge on any atom is 0.278 e. The smallest absolute Gasteiger partial charge is 0.278 e. The average molecular weight is 359 g/mol. The predicted molar refractivity (Wildman–Crippen MR) is 99.8 cm³/mol. The summed E-state index contributed by atoms with van der Waals surface area (Å²) in [5.41, 5.74) is 3.70. The number of nitrogens with zero attached hydrogens (tertiary/aromatic N) is 2. The molecule has 5 heteroatoms. The van der Waals surface area contributed by atoms with Crippen molar-refractivity contribution in [3.63, 3.8) is 0 Å². The van der Waals surface area contributed by atoms with Gasteiger partial charge in [-0.3, -0.25) is 9.59 Å². The van der Waals surface area contributed by atoms with E-state index >= 15 is 0 Å². The van der Waals surface area contributed by atoms with Crippen LogP contribution in [0, 0.1) is 0 Å². The van der Waals surface area contributed by atoms with E-state index in [-0.39, 0.29) is 11.7 Å². The second kappa shape index (κ2) is 5.38. The molecule has 0 aliphatic heterocycles. The van der Waals surface area contributed by atoms with Gasteiger partial charge in [0.25, 0.3) is 5.91 Å². The van der Waals surface area contributed by atoms with E-state index < -0.39 is 0 Å². The lowest BCUT2D eigenvalue weighted by molar-refractivity contribution is 0.0950. The maximum atomic E-state index is 13.0. The van der Waals surface area contributed by atoms with Crippen LogP contribution < -0.4 is 0 Å². The van der Waals surface area contributed by atoms with Crippen molar-refractivity contribution in [1.29, 1.82) is 0 Å². The van der Waals surface area contributed by atoms with E-state index in [2.05, 4.69) is 5.10 Å². The van der Waals surface area contributed by atoms with E-state index in [4.69, 9.17) is 11.6 Å². The Morgan fingerprint density at radius 2 is 1.54 bits per heavy atom. The zero-order chi connectivity index (χ0) is 17.8. The highest BCUT2D eigenvalue weighted by Gasteiger charge is 2.29. The van der Waals surface area contributed by atoms with Gasteiger partial charge >= 0.3 is 0 Å². The summed E-state index contributed by atoms with van der Waals surface area (Å²) in [5, 5.41) is 5.86. The van der Waals surface area contributed by atoms with Gasteiger partial charge in [0.05, 0.1) is 5.52 Å². The monoisotopic (exact) mass is 358 g/mol. The first-order valence-corrected chi connectivity index (χ1v) is 8.49. The van der Waals surface area contributed by atoms with Crippen LogP contribution in [-0.2, 0) is 0 Å². The van der Waals surface area contributed by atoms with E-state index in [1.807, 2.05) is 24.3 Å². The fourth-order valence-corrected chi connectivity index (χ4v) is 3.58. The first-order chi connectivity index (χ1) is 12.6. The Morgan fingerprint density at radius 1 is 0.846 bits per heavy atom. The van der Waals surface area contributed by atoms with Crippen LogP contribution in [0.4, 0.5) is 0 Å². The Morgan fingerprint density at radius 3 is 2.31 bits per heavy atom. The van der Waals surface area contributed by atoms with Crippen molar-refractivity contribution in [3.8, 4) is 11.3 Å². The van der Waals surface area contributed by atoms with E-state index in [9.17, 15) is 9.59 Å². The second-order valence-corrected chi connectivity index (χ2v) is 6.58. The molecule has 26 heavy (non-hydrogen) atoms. The van der Waals surface area contributed by atoms with Crippen molar-refractivity contribution in [2.75, 3.05) is 0 Å². The van der Waals surface area contributed by atoms with Crippen molar-refractivity contribution < 1.29 is 9.59 Å². The van der Waals surface area contributed by atoms with Crippen LogP contribution in [0.25, 0.3) is 22.2 Å². The zero-order valence-electron chi connectivity index (χ0n) is 13.4. The summed E-state index contributed by atoms with van der Waals surface area (Å²) in [6.45, 7) is 0. The fourth-order valence-electron chi connectivity index (χ4n) is 3.45. The van der Waals surface area contributed by atoms with Crippen molar-refractivity contribution in [2.45, 2.75) is 0 Å². The molecule has 0 fully saturated rings. The maximum absolute atomic E-state index is 13.0. The molecule has 4 aromatic rings.